The van der Waals surface area contributed by atoms with Crippen LogP contribution in [0.15, 0.2) is 18.2 Å². The normalized spacial score (nSPS) is 14.1. The van der Waals surface area contributed by atoms with Gasteiger partial charge in [-0.15, -0.1) is 0 Å². The largest absolute Gasteiger partial charge is 0.388 e. The number of carbonyl (C=O) groups excluding carboxylic acids is 1. The average molecular weight is 249 g/mol. The summed E-state index contributed by atoms with van der Waals surface area (Å²) < 4.78 is 0. The van der Waals surface area contributed by atoms with Crippen LogP contribution in [0.25, 0.3) is 0 Å². The highest BCUT2D eigenvalue weighted by atomic mass is 16.3. The molecule has 2 N–H and O–H groups in total. The van der Waals surface area contributed by atoms with E-state index >= 15 is 0 Å². The Morgan fingerprint density at radius 3 is 2.67 bits per heavy atom. The van der Waals surface area contributed by atoms with Gasteiger partial charge in [0.1, 0.15) is 0 Å². The first-order valence-corrected chi connectivity index (χ1v) is 6.43. The minimum Gasteiger partial charge on any atom is -0.388 e. The number of amides is 1. The second-order valence-corrected chi connectivity index (χ2v) is 5.25. The van der Waals surface area contributed by atoms with Gasteiger partial charge in [-0.05, 0) is 38.8 Å². The molecule has 0 aliphatic carbocycles. The van der Waals surface area contributed by atoms with E-state index in [1.807, 2.05) is 39.0 Å². The summed E-state index contributed by atoms with van der Waals surface area (Å²) in [5.41, 5.74) is 1.86. The molecule has 0 saturated heterocycles. The number of aliphatic hydroxyl groups is 1. The summed E-state index contributed by atoms with van der Waals surface area (Å²) in [7, 11) is 0. The number of carbonyl (C=O) groups is 1. The van der Waals surface area contributed by atoms with Gasteiger partial charge in [0, 0.05) is 12.1 Å². The van der Waals surface area contributed by atoms with Crippen molar-refractivity contribution in [1.29, 1.82) is 0 Å². The maximum atomic E-state index is 12.0. The number of hydrogen-bond donors (Lipinski definition) is 2. The Morgan fingerprint density at radius 2 is 2.06 bits per heavy atom. The van der Waals surface area contributed by atoms with Gasteiger partial charge in [-0.2, -0.15) is 0 Å². The molecule has 100 valence electrons. The summed E-state index contributed by atoms with van der Waals surface area (Å²) in [6, 6.07) is 5.80. The zero-order valence-electron chi connectivity index (χ0n) is 11.7. The van der Waals surface area contributed by atoms with Crippen LogP contribution < -0.4 is 5.32 Å². The smallest absolute Gasteiger partial charge is 0.251 e. The van der Waals surface area contributed by atoms with Gasteiger partial charge in [0.25, 0.3) is 5.91 Å². The summed E-state index contributed by atoms with van der Waals surface area (Å²) in [4.78, 5) is 12.0. The van der Waals surface area contributed by atoms with Gasteiger partial charge in [-0.3, -0.25) is 4.79 Å². The molecule has 0 spiro atoms. The second-order valence-electron chi connectivity index (χ2n) is 5.25. The lowest BCUT2D eigenvalue weighted by Gasteiger charge is -2.23. The third-order valence-electron chi connectivity index (χ3n) is 3.06. The van der Waals surface area contributed by atoms with Crippen LogP contribution in [-0.4, -0.2) is 23.2 Å². The van der Waals surface area contributed by atoms with Crippen molar-refractivity contribution in [1.82, 2.24) is 5.32 Å². The molecule has 18 heavy (non-hydrogen) atoms. The van der Waals surface area contributed by atoms with E-state index in [1.165, 1.54) is 0 Å². The molecule has 0 heterocycles. The van der Waals surface area contributed by atoms with Crippen molar-refractivity contribution in [3.63, 3.8) is 0 Å². The molecule has 0 aliphatic rings. The van der Waals surface area contributed by atoms with Gasteiger partial charge in [0.2, 0.25) is 0 Å². The van der Waals surface area contributed by atoms with Crippen LogP contribution in [0.1, 0.15) is 48.2 Å². The zero-order chi connectivity index (χ0) is 13.8. The zero-order valence-corrected chi connectivity index (χ0v) is 11.7. The average Bonchev–Trinajstić information content (AvgIpc) is 2.29. The molecule has 0 fully saturated rings. The Balaban J connectivity index is 2.69. The van der Waals surface area contributed by atoms with E-state index in [-0.39, 0.29) is 12.5 Å². The summed E-state index contributed by atoms with van der Waals surface area (Å²) in [6.07, 6.45) is 1.58. The fourth-order valence-corrected chi connectivity index (χ4v) is 1.97. The number of hydrogen-bond acceptors (Lipinski definition) is 2. The molecule has 0 radical (unpaired) electrons. The third-order valence-corrected chi connectivity index (χ3v) is 3.06. The van der Waals surface area contributed by atoms with E-state index in [9.17, 15) is 9.90 Å². The molecule has 1 atom stereocenters. The summed E-state index contributed by atoms with van der Waals surface area (Å²) in [5, 5.41) is 12.8. The van der Waals surface area contributed by atoms with Crippen LogP contribution in [0, 0.1) is 13.8 Å². The van der Waals surface area contributed by atoms with E-state index in [4.69, 9.17) is 0 Å². The van der Waals surface area contributed by atoms with Crippen molar-refractivity contribution in [2.75, 3.05) is 6.54 Å². The van der Waals surface area contributed by atoms with Crippen LogP contribution in [0.3, 0.4) is 0 Å². The first kappa shape index (κ1) is 14.7. The van der Waals surface area contributed by atoms with Crippen molar-refractivity contribution in [2.45, 2.75) is 46.1 Å². The highest BCUT2D eigenvalue weighted by Gasteiger charge is 2.20. The van der Waals surface area contributed by atoms with Gasteiger partial charge in [-0.25, -0.2) is 0 Å². The van der Waals surface area contributed by atoms with Crippen LogP contribution in [0.4, 0.5) is 0 Å². The van der Waals surface area contributed by atoms with Crippen molar-refractivity contribution in [3.8, 4) is 0 Å². The first-order chi connectivity index (χ1) is 8.35. The molecule has 1 aromatic carbocycles. The van der Waals surface area contributed by atoms with E-state index in [0.29, 0.717) is 12.0 Å². The van der Waals surface area contributed by atoms with Gasteiger partial charge < -0.3 is 10.4 Å². The van der Waals surface area contributed by atoms with Gasteiger partial charge in [-0.1, -0.05) is 31.0 Å². The molecular weight excluding hydrogens is 226 g/mol. The third kappa shape index (κ3) is 4.15. The Hall–Kier alpha value is -1.35. The second kappa shape index (κ2) is 6.01. The molecule has 0 bridgehead atoms. The van der Waals surface area contributed by atoms with Gasteiger partial charge in [0.15, 0.2) is 0 Å². The maximum absolute atomic E-state index is 12.0. The number of aryl methyl sites for hydroxylation is 2. The van der Waals surface area contributed by atoms with Crippen LogP contribution in [0.2, 0.25) is 0 Å². The fourth-order valence-electron chi connectivity index (χ4n) is 1.97. The number of rotatable bonds is 5. The molecule has 3 nitrogen and oxygen atoms in total. The lowest BCUT2D eigenvalue weighted by molar-refractivity contribution is 0.0469. The molecule has 1 aromatic rings. The van der Waals surface area contributed by atoms with Crippen LogP contribution >= 0.6 is 0 Å². The Labute approximate surface area is 109 Å². The number of nitrogens with one attached hydrogen (secondary N) is 1. The topological polar surface area (TPSA) is 49.3 Å². The Bertz CT molecular complexity index is 425. The molecule has 1 amide bonds. The summed E-state index contributed by atoms with van der Waals surface area (Å²) in [5.74, 6) is -0.118. The highest BCUT2D eigenvalue weighted by Crippen LogP contribution is 2.13. The molecule has 0 aromatic heterocycles. The maximum Gasteiger partial charge on any atom is 0.251 e. The Kier molecular flexibility index (Phi) is 4.91. The summed E-state index contributed by atoms with van der Waals surface area (Å²) in [6.45, 7) is 7.93. The molecule has 3 heteroatoms. The Morgan fingerprint density at radius 1 is 1.39 bits per heavy atom. The first-order valence-electron chi connectivity index (χ1n) is 6.43. The lowest BCUT2D eigenvalue weighted by atomic mass is 10.00. The fraction of sp³-hybridized carbons (Fsp3) is 0.533. The van der Waals surface area contributed by atoms with E-state index in [0.717, 1.165) is 17.5 Å². The minimum atomic E-state index is -0.831. The molecule has 1 rings (SSSR count). The molecular formula is C15H23NO2. The molecule has 0 aliphatic heterocycles. The van der Waals surface area contributed by atoms with Crippen molar-refractivity contribution in [3.05, 3.63) is 34.9 Å². The van der Waals surface area contributed by atoms with Crippen molar-refractivity contribution in [2.24, 2.45) is 0 Å². The summed E-state index contributed by atoms with van der Waals surface area (Å²) >= 11 is 0. The van der Waals surface area contributed by atoms with E-state index < -0.39 is 5.60 Å². The van der Waals surface area contributed by atoms with Crippen LogP contribution in [0.5, 0.6) is 0 Å². The SMILES string of the molecule is CCCC(C)(O)CNC(=O)c1cc(C)ccc1C. The molecule has 0 saturated carbocycles. The quantitative estimate of drug-likeness (QED) is 0.842. The monoisotopic (exact) mass is 249 g/mol. The van der Waals surface area contributed by atoms with Crippen molar-refractivity contribution < 1.29 is 9.90 Å². The number of benzene rings is 1. The van der Waals surface area contributed by atoms with Gasteiger partial charge in [0.05, 0.1) is 5.60 Å². The van der Waals surface area contributed by atoms with E-state index in [2.05, 4.69) is 5.32 Å². The predicted octanol–water partition coefficient (Wildman–Crippen LogP) is 2.58. The minimum absolute atomic E-state index is 0.118. The van der Waals surface area contributed by atoms with E-state index in [1.54, 1.807) is 6.92 Å². The molecule has 1 unspecified atom stereocenters. The highest BCUT2D eigenvalue weighted by molar-refractivity contribution is 5.95. The van der Waals surface area contributed by atoms with Gasteiger partial charge >= 0.3 is 0 Å². The van der Waals surface area contributed by atoms with Crippen LogP contribution in [-0.2, 0) is 0 Å². The lowest BCUT2D eigenvalue weighted by Crippen LogP contribution is -2.40. The standard InChI is InChI=1S/C15H23NO2/c1-5-8-15(4,18)10-16-14(17)13-9-11(2)6-7-12(13)3/h6-7,9,18H,5,8,10H2,1-4H3,(H,16,17). The predicted molar refractivity (Wildman–Crippen MR) is 73.8 cm³/mol. The van der Waals surface area contributed by atoms with Crippen molar-refractivity contribution >= 4 is 5.91 Å².